The number of amides is 1. The zero-order valence-electron chi connectivity index (χ0n) is 10.4. The predicted molar refractivity (Wildman–Crippen MR) is 68.9 cm³/mol. The maximum Gasteiger partial charge on any atom is 0.325 e. The Morgan fingerprint density at radius 2 is 2.06 bits per heavy atom. The van der Waals surface area contributed by atoms with Gasteiger partial charge in [-0.05, 0) is 19.4 Å². The lowest BCUT2D eigenvalue weighted by Gasteiger charge is -2.53. The highest BCUT2D eigenvalue weighted by Crippen LogP contribution is 2.49. The van der Waals surface area contributed by atoms with Crippen LogP contribution in [0.5, 0.6) is 0 Å². The van der Waals surface area contributed by atoms with Crippen molar-refractivity contribution in [2.75, 3.05) is 32.8 Å². The molecule has 1 fully saturated rings. The van der Waals surface area contributed by atoms with E-state index in [0.717, 1.165) is 0 Å². The van der Waals surface area contributed by atoms with Crippen LogP contribution in [0.25, 0.3) is 0 Å². The Balaban J connectivity index is 2.77. The smallest absolute Gasteiger partial charge is 0.325 e. The molecule has 1 heterocycles. The second kappa shape index (κ2) is 5.97. The summed E-state index contributed by atoms with van der Waals surface area (Å²) in [5.41, 5.74) is 0. The Morgan fingerprint density at radius 1 is 1.47 bits per heavy atom. The van der Waals surface area contributed by atoms with Crippen LogP contribution in [0, 0.1) is 0 Å². The number of β-lactam (4-membered cyclic amide) rings is 1. The first kappa shape index (κ1) is 14.7. The zero-order chi connectivity index (χ0) is 13.1. The van der Waals surface area contributed by atoms with E-state index in [1.165, 1.54) is 35.5 Å². The molecule has 0 radical (unpaired) electrons. The van der Waals surface area contributed by atoms with Gasteiger partial charge in [0.15, 0.2) is 10.3 Å². The van der Waals surface area contributed by atoms with Crippen LogP contribution < -0.4 is 0 Å². The van der Waals surface area contributed by atoms with E-state index in [4.69, 9.17) is 9.47 Å². The first-order chi connectivity index (χ1) is 8.07. The van der Waals surface area contributed by atoms with Gasteiger partial charge < -0.3 is 14.4 Å². The van der Waals surface area contributed by atoms with Crippen molar-refractivity contribution in [3.63, 3.8) is 0 Å². The monoisotopic (exact) mass is 279 g/mol. The van der Waals surface area contributed by atoms with Crippen molar-refractivity contribution < 1.29 is 19.1 Å². The zero-order valence-corrected chi connectivity index (χ0v) is 12.0. The van der Waals surface area contributed by atoms with Gasteiger partial charge in [0.2, 0.25) is 0 Å². The molecule has 1 amide bonds. The molecule has 0 aromatic carbocycles. The molecule has 0 N–H and O–H groups in total. The van der Waals surface area contributed by atoms with E-state index in [0.29, 0.717) is 6.61 Å². The van der Waals surface area contributed by atoms with Gasteiger partial charge in [-0.15, -0.1) is 23.5 Å². The predicted octanol–water partition coefficient (Wildman–Crippen LogP) is 0.786. The standard InChI is InChI=1S/C10H17NO4S2/c1-5-15-7(12)6-11-9(13)8(14-2)10(11,16-3)17-4/h8H,5-6H2,1-4H3. The van der Waals surface area contributed by atoms with Crippen molar-refractivity contribution >= 4 is 35.4 Å². The van der Waals surface area contributed by atoms with Gasteiger partial charge in [0.25, 0.3) is 5.91 Å². The molecule has 0 bridgehead atoms. The normalized spacial score (nSPS) is 22.2. The van der Waals surface area contributed by atoms with E-state index in [1.807, 2.05) is 12.5 Å². The van der Waals surface area contributed by atoms with Gasteiger partial charge in [0, 0.05) is 7.11 Å². The number of esters is 1. The summed E-state index contributed by atoms with van der Waals surface area (Å²) >= 11 is 3.00. The van der Waals surface area contributed by atoms with E-state index < -0.39 is 10.3 Å². The van der Waals surface area contributed by atoms with E-state index in [2.05, 4.69) is 0 Å². The Labute approximate surface area is 110 Å². The van der Waals surface area contributed by atoms with Crippen molar-refractivity contribution in [3.8, 4) is 0 Å². The highest BCUT2D eigenvalue weighted by atomic mass is 32.2. The molecule has 0 spiro atoms. The summed E-state index contributed by atoms with van der Waals surface area (Å²) in [4.78, 5) is 24.8. The molecule has 0 aliphatic carbocycles. The van der Waals surface area contributed by atoms with Gasteiger partial charge in [-0.3, -0.25) is 9.59 Å². The minimum atomic E-state index is -0.515. The topological polar surface area (TPSA) is 55.8 Å². The summed E-state index contributed by atoms with van der Waals surface area (Å²) < 4.78 is 9.52. The Morgan fingerprint density at radius 3 is 2.47 bits per heavy atom. The van der Waals surface area contributed by atoms with Gasteiger partial charge in [-0.2, -0.15) is 0 Å². The molecule has 17 heavy (non-hydrogen) atoms. The van der Waals surface area contributed by atoms with E-state index in [9.17, 15) is 9.59 Å². The number of hydrogen-bond acceptors (Lipinski definition) is 6. The molecule has 1 saturated heterocycles. The van der Waals surface area contributed by atoms with Crippen LogP contribution in [0.3, 0.4) is 0 Å². The molecule has 1 unspecified atom stereocenters. The quantitative estimate of drug-likeness (QED) is 0.407. The number of methoxy groups -OCH3 is 1. The molecule has 1 aliphatic heterocycles. The number of likely N-dealkylation sites (tertiary alicyclic amines) is 1. The first-order valence-corrected chi connectivity index (χ1v) is 7.62. The molecule has 0 aromatic rings. The lowest BCUT2D eigenvalue weighted by atomic mass is 10.1. The summed E-state index contributed by atoms with van der Waals surface area (Å²) in [7, 11) is 1.51. The summed E-state index contributed by atoms with van der Waals surface area (Å²) in [6, 6.07) is 0. The second-order valence-electron chi connectivity index (χ2n) is 3.38. The van der Waals surface area contributed by atoms with E-state index in [1.54, 1.807) is 6.92 Å². The summed E-state index contributed by atoms with van der Waals surface area (Å²) in [6.45, 7) is 2.04. The molecule has 0 saturated carbocycles. The van der Waals surface area contributed by atoms with Crippen LogP contribution in [0.4, 0.5) is 0 Å². The number of ether oxygens (including phenoxy) is 2. The van der Waals surface area contributed by atoms with Crippen LogP contribution in [-0.2, 0) is 19.1 Å². The molecule has 98 valence electrons. The maximum atomic E-state index is 11.8. The van der Waals surface area contributed by atoms with Crippen LogP contribution in [0.2, 0.25) is 0 Å². The fraction of sp³-hybridized carbons (Fsp3) is 0.800. The number of nitrogens with zero attached hydrogens (tertiary/aromatic N) is 1. The Hall–Kier alpha value is -0.400. The third kappa shape index (κ3) is 2.41. The minimum Gasteiger partial charge on any atom is -0.465 e. The lowest BCUT2D eigenvalue weighted by Crippen LogP contribution is -2.72. The number of thioether (sulfide) groups is 2. The summed E-state index contributed by atoms with van der Waals surface area (Å²) in [5, 5.41) is 0. The molecule has 1 rings (SSSR count). The highest BCUT2D eigenvalue weighted by Gasteiger charge is 2.61. The van der Waals surface area contributed by atoms with Crippen molar-refractivity contribution in [1.82, 2.24) is 4.90 Å². The van der Waals surface area contributed by atoms with Crippen molar-refractivity contribution in [2.24, 2.45) is 0 Å². The Bertz CT molecular complexity index is 307. The molecule has 0 aromatic heterocycles. The van der Waals surface area contributed by atoms with Gasteiger partial charge >= 0.3 is 5.97 Å². The molecule has 7 heteroatoms. The van der Waals surface area contributed by atoms with Crippen LogP contribution in [0.15, 0.2) is 0 Å². The van der Waals surface area contributed by atoms with Crippen LogP contribution >= 0.6 is 23.5 Å². The fourth-order valence-corrected chi connectivity index (χ4v) is 4.06. The van der Waals surface area contributed by atoms with Crippen LogP contribution in [0.1, 0.15) is 6.92 Å². The number of carbonyl (C=O) groups is 2. The molecular formula is C10H17NO4S2. The van der Waals surface area contributed by atoms with Gasteiger partial charge in [-0.25, -0.2) is 0 Å². The number of carbonyl (C=O) groups excluding carboxylic acids is 2. The lowest BCUT2D eigenvalue weighted by molar-refractivity contribution is -0.171. The summed E-state index contributed by atoms with van der Waals surface area (Å²) in [5.74, 6) is -0.549. The molecule has 1 atom stereocenters. The largest absolute Gasteiger partial charge is 0.465 e. The maximum absolute atomic E-state index is 11.8. The van der Waals surface area contributed by atoms with Crippen molar-refractivity contribution in [3.05, 3.63) is 0 Å². The number of hydrogen-bond donors (Lipinski definition) is 0. The van der Waals surface area contributed by atoms with Crippen molar-refractivity contribution in [1.29, 1.82) is 0 Å². The third-order valence-electron chi connectivity index (χ3n) is 2.61. The number of rotatable bonds is 6. The minimum absolute atomic E-state index is 0.0196. The first-order valence-electron chi connectivity index (χ1n) is 5.17. The van der Waals surface area contributed by atoms with Gasteiger partial charge in [0.05, 0.1) is 6.61 Å². The third-order valence-corrected chi connectivity index (χ3v) is 5.65. The average Bonchev–Trinajstić information content (AvgIpc) is 2.33. The summed E-state index contributed by atoms with van der Waals surface area (Å²) in [6.07, 6.45) is 3.29. The molecule has 1 aliphatic rings. The van der Waals surface area contributed by atoms with E-state index >= 15 is 0 Å². The fourth-order valence-electron chi connectivity index (χ4n) is 1.82. The van der Waals surface area contributed by atoms with Gasteiger partial charge in [-0.1, -0.05) is 0 Å². The Kier molecular flexibility index (Phi) is 5.15. The highest BCUT2D eigenvalue weighted by molar-refractivity contribution is 8.17. The van der Waals surface area contributed by atoms with E-state index in [-0.39, 0.29) is 18.4 Å². The van der Waals surface area contributed by atoms with Crippen molar-refractivity contribution in [2.45, 2.75) is 17.2 Å². The van der Waals surface area contributed by atoms with Gasteiger partial charge in [0.1, 0.15) is 6.54 Å². The average molecular weight is 279 g/mol. The second-order valence-corrected chi connectivity index (χ2v) is 5.70. The molecular weight excluding hydrogens is 262 g/mol. The van der Waals surface area contributed by atoms with Crippen LogP contribution in [-0.4, -0.2) is 59.9 Å². The SMILES string of the molecule is CCOC(=O)CN1C(=O)C(OC)C1(SC)SC. The molecule has 5 nitrogen and oxygen atoms in total.